The molecular formula is C8H12BrN. The predicted octanol–water partition coefficient (Wildman–Crippen LogP) is -1.87. The molecule has 0 atom stereocenters. The van der Waals surface area contributed by atoms with Gasteiger partial charge in [-0.05, 0) is 19.9 Å². The van der Waals surface area contributed by atoms with E-state index in [1.807, 2.05) is 7.05 Å². The van der Waals surface area contributed by atoms with Gasteiger partial charge in [-0.2, -0.15) is 0 Å². The summed E-state index contributed by atoms with van der Waals surface area (Å²) in [4.78, 5) is 0. The summed E-state index contributed by atoms with van der Waals surface area (Å²) < 4.78 is 2.07. The second-order valence-electron chi connectivity index (χ2n) is 2.56. The van der Waals surface area contributed by atoms with Crippen molar-refractivity contribution in [3.63, 3.8) is 0 Å². The average Bonchev–Trinajstić information content (AvgIpc) is 1.59. The Hall–Kier alpha value is -0.370. The van der Waals surface area contributed by atoms with Crippen LogP contribution in [0.25, 0.3) is 0 Å². The number of nitrogens with zero attached hydrogens (tertiary/aromatic N) is 1. The van der Waals surface area contributed by atoms with Gasteiger partial charge >= 0.3 is 0 Å². The van der Waals surface area contributed by atoms with E-state index in [0.29, 0.717) is 0 Å². The molecule has 0 aromatic carbocycles. The van der Waals surface area contributed by atoms with Gasteiger partial charge in [0.1, 0.15) is 7.05 Å². The highest BCUT2D eigenvalue weighted by atomic mass is 79.9. The highest BCUT2D eigenvalue weighted by molar-refractivity contribution is 5.11. The molecule has 1 heterocycles. The van der Waals surface area contributed by atoms with Crippen LogP contribution in [0.3, 0.4) is 0 Å². The first-order chi connectivity index (χ1) is 4.18. The maximum atomic E-state index is 2.17. The van der Waals surface area contributed by atoms with Crippen molar-refractivity contribution >= 4 is 0 Å². The van der Waals surface area contributed by atoms with Crippen molar-refractivity contribution in [2.24, 2.45) is 7.05 Å². The van der Waals surface area contributed by atoms with Crippen LogP contribution in [0.2, 0.25) is 0 Å². The first-order valence-corrected chi connectivity index (χ1v) is 3.12. The van der Waals surface area contributed by atoms with E-state index in [1.165, 1.54) is 11.1 Å². The Kier molecular flexibility index (Phi) is 3.58. The van der Waals surface area contributed by atoms with Crippen molar-refractivity contribution in [2.75, 3.05) is 0 Å². The quantitative estimate of drug-likeness (QED) is 0.434. The highest BCUT2D eigenvalue weighted by Crippen LogP contribution is 1.95. The lowest BCUT2D eigenvalue weighted by Crippen LogP contribution is -3.00. The number of hydrogen-bond donors (Lipinski definition) is 0. The second-order valence-corrected chi connectivity index (χ2v) is 2.56. The van der Waals surface area contributed by atoms with Crippen LogP contribution in [-0.2, 0) is 7.05 Å². The zero-order valence-electron chi connectivity index (χ0n) is 6.56. The lowest BCUT2D eigenvalue weighted by Gasteiger charge is -1.91. The zero-order valence-corrected chi connectivity index (χ0v) is 8.14. The molecule has 1 aromatic heterocycles. The molecule has 1 nitrogen and oxygen atoms in total. The average molecular weight is 202 g/mol. The molecule has 0 unspecified atom stereocenters. The normalized spacial score (nSPS) is 8.70. The van der Waals surface area contributed by atoms with Crippen LogP contribution < -0.4 is 21.5 Å². The number of aryl methyl sites for hydroxylation is 3. The van der Waals surface area contributed by atoms with Gasteiger partial charge in [0.15, 0.2) is 12.4 Å². The Bertz CT molecular complexity index is 170. The minimum Gasteiger partial charge on any atom is -1.00 e. The van der Waals surface area contributed by atoms with E-state index in [4.69, 9.17) is 0 Å². The van der Waals surface area contributed by atoms with Crippen molar-refractivity contribution in [2.45, 2.75) is 13.8 Å². The summed E-state index contributed by atoms with van der Waals surface area (Å²) in [6, 6.07) is 2.17. The van der Waals surface area contributed by atoms with Crippen molar-refractivity contribution in [1.82, 2.24) is 0 Å². The zero-order chi connectivity index (χ0) is 6.85. The number of pyridine rings is 1. The molecule has 56 valence electrons. The summed E-state index contributed by atoms with van der Waals surface area (Å²) in [5, 5.41) is 0. The van der Waals surface area contributed by atoms with E-state index < -0.39 is 0 Å². The topological polar surface area (TPSA) is 3.88 Å². The van der Waals surface area contributed by atoms with Gasteiger partial charge in [-0.15, -0.1) is 0 Å². The Labute approximate surface area is 72.5 Å². The molecule has 0 N–H and O–H groups in total. The largest absolute Gasteiger partial charge is 1.00 e. The van der Waals surface area contributed by atoms with E-state index in [1.54, 1.807) is 0 Å². The third kappa shape index (κ3) is 2.48. The Balaban J connectivity index is 0.000000810. The van der Waals surface area contributed by atoms with Gasteiger partial charge in [0.25, 0.3) is 0 Å². The fourth-order valence-corrected chi connectivity index (χ4v) is 1.11. The number of halogens is 1. The molecular weight excluding hydrogens is 190 g/mol. The van der Waals surface area contributed by atoms with Gasteiger partial charge in [-0.3, -0.25) is 0 Å². The van der Waals surface area contributed by atoms with Crippen LogP contribution in [0.15, 0.2) is 18.5 Å². The summed E-state index contributed by atoms with van der Waals surface area (Å²) >= 11 is 0. The van der Waals surface area contributed by atoms with Crippen LogP contribution in [0, 0.1) is 13.8 Å². The van der Waals surface area contributed by atoms with E-state index in [0.717, 1.165) is 0 Å². The summed E-state index contributed by atoms with van der Waals surface area (Å²) in [7, 11) is 2.04. The minimum absolute atomic E-state index is 0. The van der Waals surface area contributed by atoms with Crippen LogP contribution in [0.4, 0.5) is 0 Å². The minimum atomic E-state index is 0. The number of aromatic nitrogens is 1. The third-order valence-corrected chi connectivity index (χ3v) is 1.27. The highest BCUT2D eigenvalue weighted by Gasteiger charge is 1.93. The molecule has 0 bridgehead atoms. The Morgan fingerprint density at radius 1 is 1.10 bits per heavy atom. The summed E-state index contributed by atoms with van der Waals surface area (Å²) in [6.07, 6.45) is 4.21. The van der Waals surface area contributed by atoms with Gasteiger partial charge in [0.05, 0.1) is 0 Å². The van der Waals surface area contributed by atoms with E-state index in [-0.39, 0.29) is 17.0 Å². The lowest BCUT2D eigenvalue weighted by atomic mass is 10.2. The van der Waals surface area contributed by atoms with E-state index >= 15 is 0 Å². The molecule has 1 aromatic rings. The smallest absolute Gasteiger partial charge is 0.171 e. The lowest BCUT2D eigenvalue weighted by molar-refractivity contribution is -0.672. The van der Waals surface area contributed by atoms with Gasteiger partial charge in [-0.25, -0.2) is 4.57 Å². The molecule has 0 amide bonds. The van der Waals surface area contributed by atoms with Gasteiger partial charge in [0.2, 0.25) is 0 Å². The van der Waals surface area contributed by atoms with E-state index in [2.05, 4.69) is 36.9 Å². The summed E-state index contributed by atoms with van der Waals surface area (Å²) in [5.41, 5.74) is 2.63. The molecule has 0 aliphatic heterocycles. The van der Waals surface area contributed by atoms with Crippen molar-refractivity contribution in [1.29, 1.82) is 0 Å². The van der Waals surface area contributed by atoms with Gasteiger partial charge in [0, 0.05) is 11.1 Å². The van der Waals surface area contributed by atoms with Crippen molar-refractivity contribution in [3.8, 4) is 0 Å². The first-order valence-electron chi connectivity index (χ1n) is 3.12. The monoisotopic (exact) mass is 201 g/mol. The fraction of sp³-hybridized carbons (Fsp3) is 0.375. The van der Waals surface area contributed by atoms with Crippen LogP contribution in [0.5, 0.6) is 0 Å². The van der Waals surface area contributed by atoms with Crippen LogP contribution in [-0.4, -0.2) is 0 Å². The standard InChI is InChI=1S/C8H12N.BrH/c1-7-4-8(2)6-9(3)5-7;/h4-6H,1-3H3;1H/q+1;/p-1. The van der Waals surface area contributed by atoms with Crippen molar-refractivity contribution in [3.05, 3.63) is 29.6 Å². The molecule has 0 saturated carbocycles. The number of rotatable bonds is 0. The molecule has 0 aliphatic rings. The first kappa shape index (κ1) is 9.63. The molecule has 0 fully saturated rings. The third-order valence-electron chi connectivity index (χ3n) is 1.27. The summed E-state index contributed by atoms with van der Waals surface area (Å²) in [6.45, 7) is 4.21. The molecule has 0 spiro atoms. The molecule has 1 rings (SSSR count). The second kappa shape index (κ2) is 3.71. The molecule has 0 radical (unpaired) electrons. The van der Waals surface area contributed by atoms with E-state index in [9.17, 15) is 0 Å². The fourth-order valence-electron chi connectivity index (χ4n) is 1.11. The molecule has 0 aliphatic carbocycles. The van der Waals surface area contributed by atoms with Crippen molar-refractivity contribution < 1.29 is 21.5 Å². The Morgan fingerprint density at radius 2 is 1.50 bits per heavy atom. The molecule has 10 heavy (non-hydrogen) atoms. The predicted molar refractivity (Wildman–Crippen MR) is 37.1 cm³/mol. The number of hydrogen-bond acceptors (Lipinski definition) is 0. The van der Waals surface area contributed by atoms with Crippen LogP contribution >= 0.6 is 0 Å². The van der Waals surface area contributed by atoms with Gasteiger partial charge in [-0.1, -0.05) is 0 Å². The maximum absolute atomic E-state index is 2.17. The van der Waals surface area contributed by atoms with Gasteiger partial charge < -0.3 is 17.0 Å². The van der Waals surface area contributed by atoms with Crippen LogP contribution in [0.1, 0.15) is 11.1 Å². The SMILES string of the molecule is Cc1cc(C)c[n+](C)c1.[Br-]. The maximum Gasteiger partial charge on any atom is 0.171 e. The molecule has 2 heteroatoms. The molecule has 0 saturated heterocycles. The Morgan fingerprint density at radius 3 is 1.80 bits per heavy atom. The summed E-state index contributed by atoms with van der Waals surface area (Å²) in [5.74, 6) is 0.